The van der Waals surface area contributed by atoms with Crippen LogP contribution in [0.3, 0.4) is 0 Å². The van der Waals surface area contributed by atoms with Gasteiger partial charge in [0.15, 0.2) is 0 Å². The fourth-order valence-corrected chi connectivity index (χ4v) is 3.02. The van der Waals surface area contributed by atoms with E-state index < -0.39 is 24.0 Å². The van der Waals surface area contributed by atoms with Crippen molar-refractivity contribution >= 4 is 57.7 Å². The third-order valence-electron chi connectivity index (χ3n) is 3.42. The topological polar surface area (TPSA) is 98.7 Å². The average molecular weight is 582 g/mol. The maximum Gasteiger partial charge on any atom is 0.321 e. The van der Waals surface area contributed by atoms with Crippen LogP contribution in [0.2, 0.25) is 0 Å². The van der Waals surface area contributed by atoms with E-state index in [0.717, 1.165) is 11.1 Å². The van der Waals surface area contributed by atoms with E-state index >= 15 is 0 Å². The van der Waals surface area contributed by atoms with Crippen molar-refractivity contribution in [3.8, 4) is 0 Å². The second kappa shape index (κ2) is 13.0. The van der Waals surface area contributed by atoms with Crippen LogP contribution in [0.25, 0.3) is 0 Å². The second-order valence-corrected chi connectivity index (χ2v) is 6.62. The Bertz CT molecular complexity index is 612. The van der Waals surface area contributed by atoms with E-state index in [2.05, 4.69) is 7.06 Å². The van der Waals surface area contributed by atoms with Crippen molar-refractivity contribution in [3.05, 3.63) is 71.8 Å². The molecule has 0 unspecified atom stereocenters. The van der Waals surface area contributed by atoms with Gasteiger partial charge < -0.3 is 10.2 Å². The number of carbonyl (C=O) groups is 2. The highest BCUT2D eigenvalue weighted by atomic mass is 127. The van der Waals surface area contributed by atoms with Crippen LogP contribution >= 0.6 is 45.7 Å². The Balaban J connectivity index is 0.000000260. The van der Waals surface area contributed by atoms with Crippen LogP contribution in [0.4, 0.5) is 0 Å². The van der Waals surface area contributed by atoms with Crippen LogP contribution in [0.15, 0.2) is 60.7 Å². The molecule has 2 rings (SSSR count). The average Bonchev–Trinajstić information content (AvgIpc) is 2.66. The minimum Gasteiger partial charge on any atom is -0.480 e. The fraction of sp³-hybridized carbons (Fsp3) is 0.222. The van der Waals surface area contributed by atoms with Crippen molar-refractivity contribution in [2.24, 2.45) is 0 Å². The normalized spacial score (nSPS) is 12.4. The molecular formula is C18H20I2N2O4. The zero-order valence-electron chi connectivity index (χ0n) is 13.8. The van der Waals surface area contributed by atoms with E-state index in [1.54, 1.807) is 0 Å². The Morgan fingerprint density at radius 2 is 1.04 bits per heavy atom. The Kier molecular flexibility index (Phi) is 11.4. The van der Waals surface area contributed by atoms with Crippen LogP contribution in [0.5, 0.6) is 0 Å². The molecule has 8 heteroatoms. The third-order valence-corrected chi connectivity index (χ3v) is 4.93. The minimum absolute atomic E-state index is 0.511. The first kappa shape index (κ1) is 22.8. The van der Waals surface area contributed by atoms with E-state index in [0.29, 0.717) is 12.8 Å². The van der Waals surface area contributed by atoms with E-state index in [1.807, 2.05) is 106 Å². The monoisotopic (exact) mass is 582 g/mol. The first-order valence-electron chi connectivity index (χ1n) is 7.73. The van der Waals surface area contributed by atoms with Crippen molar-refractivity contribution in [2.75, 3.05) is 0 Å². The van der Waals surface area contributed by atoms with Crippen molar-refractivity contribution in [2.45, 2.75) is 24.9 Å². The number of hydrogen-bond acceptors (Lipinski definition) is 4. The number of benzene rings is 2. The lowest BCUT2D eigenvalue weighted by Gasteiger charge is -2.09. The van der Waals surface area contributed by atoms with Gasteiger partial charge in [0.05, 0.1) is 0 Å². The van der Waals surface area contributed by atoms with Crippen molar-refractivity contribution in [1.82, 2.24) is 7.06 Å². The molecule has 2 atom stereocenters. The highest BCUT2D eigenvalue weighted by molar-refractivity contribution is 14.1. The van der Waals surface area contributed by atoms with Gasteiger partial charge in [0, 0.05) is 45.7 Å². The van der Waals surface area contributed by atoms with Gasteiger partial charge in [-0.2, -0.15) is 0 Å². The summed E-state index contributed by atoms with van der Waals surface area (Å²) in [6.07, 6.45) is 1.03. The summed E-state index contributed by atoms with van der Waals surface area (Å²) in [7, 11) is 0. The molecule has 0 saturated carbocycles. The molecule has 0 fully saturated rings. The van der Waals surface area contributed by atoms with Gasteiger partial charge in [-0.25, -0.2) is 7.06 Å². The summed E-state index contributed by atoms with van der Waals surface area (Å²) in [6, 6.07) is 18.1. The SMILES string of the molecule is O=C(O)[C@H](Cc1ccccc1)NI.O=C(O)[C@H](Cc1ccccc1)NI. The lowest BCUT2D eigenvalue weighted by atomic mass is 10.1. The molecule has 4 N–H and O–H groups in total. The van der Waals surface area contributed by atoms with Gasteiger partial charge in [0.2, 0.25) is 0 Å². The number of rotatable bonds is 8. The largest absolute Gasteiger partial charge is 0.480 e. The van der Waals surface area contributed by atoms with Gasteiger partial charge in [-0.15, -0.1) is 0 Å². The molecule has 2 aromatic carbocycles. The Hall–Kier alpha value is -1.24. The fourth-order valence-electron chi connectivity index (χ4n) is 2.04. The number of aliphatic carboxylic acids is 2. The Morgan fingerprint density at radius 3 is 1.27 bits per heavy atom. The van der Waals surface area contributed by atoms with Crippen molar-refractivity contribution in [1.29, 1.82) is 0 Å². The van der Waals surface area contributed by atoms with Gasteiger partial charge in [-0.05, 0) is 24.0 Å². The van der Waals surface area contributed by atoms with Crippen LogP contribution in [0.1, 0.15) is 11.1 Å². The molecule has 0 bridgehead atoms. The van der Waals surface area contributed by atoms with E-state index in [4.69, 9.17) is 10.2 Å². The summed E-state index contributed by atoms with van der Waals surface area (Å²) in [6.45, 7) is 0. The second-order valence-electron chi connectivity index (χ2n) is 5.38. The number of carboxylic acids is 2. The zero-order chi connectivity index (χ0) is 19.4. The standard InChI is InChI=1S/2C9H10INO2/c2*10-11-8(9(12)13)6-7-4-2-1-3-5-7/h2*1-5,8,11H,6H2,(H,12,13)/t2*8-/m00/s1. The quantitative estimate of drug-likeness (QED) is 0.282. The summed E-state index contributed by atoms with van der Waals surface area (Å²) in [4.78, 5) is 21.3. The molecule has 0 aliphatic heterocycles. The molecule has 140 valence electrons. The van der Waals surface area contributed by atoms with Crippen molar-refractivity contribution < 1.29 is 19.8 Å². The summed E-state index contributed by atoms with van der Waals surface area (Å²) < 4.78 is 5.44. The molecule has 0 saturated heterocycles. The van der Waals surface area contributed by atoms with Crippen LogP contribution in [0, 0.1) is 0 Å². The maximum atomic E-state index is 10.7. The molecule has 26 heavy (non-hydrogen) atoms. The summed E-state index contributed by atoms with van der Waals surface area (Å²) >= 11 is 3.72. The van der Waals surface area contributed by atoms with Gasteiger partial charge in [0.1, 0.15) is 12.1 Å². The van der Waals surface area contributed by atoms with E-state index in [-0.39, 0.29) is 0 Å². The minimum atomic E-state index is -0.821. The van der Waals surface area contributed by atoms with Gasteiger partial charge in [0.25, 0.3) is 0 Å². The number of carboxylic acid groups (broad SMARTS) is 2. The third kappa shape index (κ3) is 8.92. The molecule has 0 amide bonds. The number of halogens is 2. The molecule has 0 aliphatic carbocycles. The molecule has 0 heterocycles. The molecule has 0 aliphatic rings. The molecule has 6 nitrogen and oxygen atoms in total. The number of nitrogens with one attached hydrogen (secondary N) is 2. The first-order chi connectivity index (χ1) is 12.5. The Labute approximate surface area is 180 Å². The summed E-state index contributed by atoms with van der Waals surface area (Å²) in [5.74, 6) is -1.64. The highest BCUT2D eigenvalue weighted by Crippen LogP contribution is 2.05. The molecular weight excluding hydrogens is 562 g/mol. The molecule has 0 spiro atoms. The zero-order valence-corrected chi connectivity index (χ0v) is 18.1. The summed E-state index contributed by atoms with van der Waals surface area (Å²) in [5.41, 5.74) is 2.05. The lowest BCUT2D eigenvalue weighted by Crippen LogP contribution is -2.32. The molecule has 0 aromatic heterocycles. The first-order valence-corrected chi connectivity index (χ1v) is 9.89. The van der Waals surface area contributed by atoms with E-state index in [9.17, 15) is 9.59 Å². The predicted octanol–water partition coefficient (Wildman–Crippen LogP) is 3.24. The lowest BCUT2D eigenvalue weighted by molar-refractivity contribution is -0.139. The van der Waals surface area contributed by atoms with Crippen LogP contribution < -0.4 is 7.06 Å². The number of hydrogen-bond donors (Lipinski definition) is 4. The van der Waals surface area contributed by atoms with Crippen molar-refractivity contribution in [3.63, 3.8) is 0 Å². The smallest absolute Gasteiger partial charge is 0.321 e. The highest BCUT2D eigenvalue weighted by Gasteiger charge is 2.16. The van der Waals surface area contributed by atoms with Gasteiger partial charge >= 0.3 is 11.9 Å². The molecule has 2 aromatic rings. The van der Waals surface area contributed by atoms with Crippen LogP contribution in [-0.4, -0.2) is 34.2 Å². The van der Waals surface area contributed by atoms with E-state index in [1.165, 1.54) is 0 Å². The Morgan fingerprint density at radius 1 is 0.731 bits per heavy atom. The van der Waals surface area contributed by atoms with Gasteiger partial charge in [-0.1, -0.05) is 60.7 Å². The molecule has 0 radical (unpaired) electrons. The summed E-state index contributed by atoms with van der Waals surface area (Å²) in [5, 5.41) is 17.5. The predicted molar refractivity (Wildman–Crippen MR) is 117 cm³/mol. The van der Waals surface area contributed by atoms with Crippen LogP contribution in [-0.2, 0) is 22.4 Å². The maximum absolute atomic E-state index is 10.7. The van der Waals surface area contributed by atoms with Gasteiger partial charge in [-0.3, -0.25) is 9.59 Å².